The van der Waals surface area contributed by atoms with Gasteiger partial charge in [-0.15, -0.1) is 0 Å². The third kappa shape index (κ3) is 1.87. The summed E-state index contributed by atoms with van der Waals surface area (Å²) in [7, 11) is 1.32. The lowest BCUT2D eigenvalue weighted by Crippen LogP contribution is -2.04. The molecule has 1 aromatic heterocycles. The predicted octanol–water partition coefficient (Wildman–Crippen LogP) is 0.183. The molecule has 5 nitrogen and oxygen atoms in total. The van der Waals surface area contributed by atoms with E-state index in [1.54, 1.807) is 0 Å². The van der Waals surface area contributed by atoms with Gasteiger partial charge in [0, 0.05) is 0 Å². The van der Waals surface area contributed by atoms with Gasteiger partial charge in [-0.05, 0) is 0 Å². The highest BCUT2D eigenvalue weighted by Gasteiger charge is 2.06. The number of rotatable bonds is 2. The van der Waals surface area contributed by atoms with Crippen LogP contribution in [0.5, 0.6) is 0 Å². The molecule has 0 atom stereocenters. The molecule has 0 aliphatic heterocycles. The Morgan fingerprint density at radius 1 is 1.82 bits per heavy atom. The minimum absolute atomic E-state index is 0.106. The summed E-state index contributed by atoms with van der Waals surface area (Å²) < 4.78 is 4.87. The molecule has 2 N–H and O–H groups in total. The summed E-state index contributed by atoms with van der Waals surface area (Å²) >= 11 is 4.79. The molecule has 0 aliphatic carbocycles. The van der Waals surface area contributed by atoms with Gasteiger partial charge in [-0.2, -0.15) is 5.10 Å². The first kappa shape index (κ1) is 7.93. The van der Waals surface area contributed by atoms with Gasteiger partial charge in [-0.25, -0.2) is 5.21 Å². The highest BCUT2D eigenvalue weighted by atomic mass is 32.1. The summed E-state index contributed by atoms with van der Waals surface area (Å²) in [6.07, 6.45) is 0.106. The van der Waals surface area contributed by atoms with E-state index in [0.29, 0.717) is 10.3 Å². The number of esters is 1. The second-order valence-electron chi connectivity index (χ2n) is 1.88. The number of hydrogen-bond acceptors (Lipinski definition) is 4. The van der Waals surface area contributed by atoms with Crippen LogP contribution in [-0.4, -0.2) is 28.5 Å². The molecular weight excluding hydrogens is 166 g/mol. The van der Waals surface area contributed by atoms with Gasteiger partial charge in [0.2, 0.25) is 0 Å². The molecule has 0 spiro atoms. The minimum atomic E-state index is -0.350. The van der Waals surface area contributed by atoms with E-state index in [-0.39, 0.29) is 12.4 Å². The zero-order valence-corrected chi connectivity index (χ0v) is 6.70. The van der Waals surface area contributed by atoms with Crippen LogP contribution >= 0.6 is 12.2 Å². The van der Waals surface area contributed by atoms with E-state index < -0.39 is 0 Å². The van der Waals surface area contributed by atoms with Crippen molar-refractivity contribution in [2.45, 2.75) is 6.42 Å². The van der Waals surface area contributed by atoms with Crippen molar-refractivity contribution in [3.8, 4) is 0 Å². The zero-order chi connectivity index (χ0) is 8.27. The molecule has 0 saturated carbocycles. The number of nitrogens with one attached hydrogen (secondary N) is 2. The van der Waals surface area contributed by atoms with Gasteiger partial charge in [0.05, 0.1) is 13.5 Å². The maximum atomic E-state index is 10.7. The second-order valence-corrected chi connectivity index (χ2v) is 2.29. The summed E-state index contributed by atoms with van der Waals surface area (Å²) in [5, 5.41) is 8.73. The number of H-pyrrole nitrogens is 2. The normalized spacial score (nSPS) is 9.55. The first-order valence-electron chi connectivity index (χ1n) is 2.92. The Hall–Kier alpha value is -1.17. The lowest BCUT2D eigenvalue weighted by atomic mass is 10.3. The molecule has 0 radical (unpaired) electrons. The number of ether oxygens (including phenoxy) is 1. The molecule has 1 heterocycles. The third-order valence-corrected chi connectivity index (χ3v) is 1.50. The molecule has 0 unspecified atom stereocenters. The molecule has 1 rings (SSSR count). The van der Waals surface area contributed by atoms with Crippen LogP contribution in [-0.2, 0) is 16.0 Å². The fourth-order valence-electron chi connectivity index (χ4n) is 0.598. The Morgan fingerprint density at radius 3 is 3.00 bits per heavy atom. The maximum absolute atomic E-state index is 10.7. The highest BCUT2D eigenvalue weighted by Crippen LogP contribution is 1.95. The molecule has 11 heavy (non-hydrogen) atoms. The number of methoxy groups -OCH3 is 1. The van der Waals surface area contributed by atoms with Crippen molar-refractivity contribution < 1.29 is 9.53 Å². The van der Waals surface area contributed by atoms with Crippen LogP contribution < -0.4 is 0 Å². The van der Waals surface area contributed by atoms with Crippen LogP contribution in [0.2, 0.25) is 0 Å². The molecule has 1 aromatic rings. The Morgan fingerprint density at radius 2 is 2.55 bits per heavy atom. The van der Waals surface area contributed by atoms with Crippen LogP contribution in [0, 0.1) is 4.64 Å². The first-order chi connectivity index (χ1) is 5.24. The topological polar surface area (TPSA) is 70.8 Å². The molecule has 0 aliphatic rings. The van der Waals surface area contributed by atoms with Crippen LogP contribution in [0.4, 0.5) is 0 Å². The maximum Gasteiger partial charge on any atom is 0.311 e. The number of aromatic amines is 2. The van der Waals surface area contributed by atoms with Gasteiger partial charge >= 0.3 is 5.97 Å². The summed E-state index contributed by atoms with van der Waals surface area (Å²) in [6, 6.07) is 0. The van der Waals surface area contributed by atoms with Gasteiger partial charge in [0.25, 0.3) is 0 Å². The van der Waals surface area contributed by atoms with Crippen molar-refractivity contribution in [1.29, 1.82) is 0 Å². The average Bonchev–Trinajstić information content (AvgIpc) is 2.37. The lowest BCUT2D eigenvalue weighted by Gasteiger charge is -1.92. The van der Waals surface area contributed by atoms with Crippen molar-refractivity contribution in [3.05, 3.63) is 10.3 Å². The smallest absolute Gasteiger partial charge is 0.311 e. The predicted molar refractivity (Wildman–Crippen MR) is 39.5 cm³/mol. The van der Waals surface area contributed by atoms with Crippen molar-refractivity contribution >= 4 is 18.2 Å². The fourth-order valence-corrected chi connectivity index (χ4v) is 0.761. The second kappa shape index (κ2) is 3.29. The Kier molecular flexibility index (Phi) is 2.37. The van der Waals surface area contributed by atoms with E-state index in [9.17, 15) is 4.79 Å². The van der Waals surface area contributed by atoms with Gasteiger partial charge in [0.1, 0.15) is 10.3 Å². The number of hydrogen-bond donors (Lipinski definition) is 2. The quantitative estimate of drug-likeness (QED) is 0.494. The molecule has 6 heteroatoms. The molecular formula is C5H7N3O2S. The van der Waals surface area contributed by atoms with Gasteiger partial charge < -0.3 is 4.74 Å². The molecule has 0 amide bonds. The summed E-state index contributed by atoms with van der Waals surface area (Å²) in [4.78, 5) is 10.7. The van der Waals surface area contributed by atoms with Crippen LogP contribution in [0.3, 0.4) is 0 Å². The first-order valence-corrected chi connectivity index (χ1v) is 3.33. The minimum Gasteiger partial charge on any atom is -0.469 e. The summed E-state index contributed by atoms with van der Waals surface area (Å²) in [5.41, 5.74) is 0.506. The van der Waals surface area contributed by atoms with Crippen molar-refractivity contribution in [1.82, 2.24) is 15.4 Å². The van der Waals surface area contributed by atoms with E-state index in [1.165, 1.54) is 7.11 Å². The number of nitrogens with zero attached hydrogens (tertiary/aromatic N) is 1. The largest absolute Gasteiger partial charge is 0.469 e. The van der Waals surface area contributed by atoms with Crippen LogP contribution in [0.25, 0.3) is 0 Å². The monoisotopic (exact) mass is 173 g/mol. The molecule has 0 saturated heterocycles. The molecule has 0 fully saturated rings. The number of aromatic nitrogens is 3. The van der Waals surface area contributed by atoms with Crippen molar-refractivity contribution in [2.75, 3.05) is 7.11 Å². The Balaban J connectivity index is 2.72. The van der Waals surface area contributed by atoms with E-state index >= 15 is 0 Å². The SMILES string of the molecule is COC(=O)Cc1n[nH][nH]c1=S. The number of carbonyl (C=O) groups excluding carboxylic acids is 1. The summed E-state index contributed by atoms with van der Waals surface area (Å²) in [5.74, 6) is -0.350. The summed E-state index contributed by atoms with van der Waals surface area (Å²) in [6.45, 7) is 0. The number of carbonyl (C=O) groups is 1. The zero-order valence-electron chi connectivity index (χ0n) is 5.88. The molecule has 0 bridgehead atoms. The average molecular weight is 173 g/mol. The van der Waals surface area contributed by atoms with Gasteiger partial charge in [-0.1, -0.05) is 12.2 Å². The Bertz CT molecular complexity index is 303. The lowest BCUT2D eigenvalue weighted by molar-refractivity contribution is -0.139. The van der Waals surface area contributed by atoms with E-state index in [2.05, 4.69) is 20.1 Å². The van der Waals surface area contributed by atoms with Crippen molar-refractivity contribution in [3.63, 3.8) is 0 Å². The van der Waals surface area contributed by atoms with Gasteiger partial charge in [0.15, 0.2) is 0 Å². The Labute approximate surface area is 67.7 Å². The molecule has 60 valence electrons. The van der Waals surface area contributed by atoms with Crippen LogP contribution in [0.15, 0.2) is 0 Å². The van der Waals surface area contributed by atoms with Gasteiger partial charge in [-0.3, -0.25) is 9.89 Å². The van der Waals surface area contributed by atoms with Crippen LogP contribution in [0.1, 0.15) is 5.69 Å². The van der Waals surface area contributed by atoms with E-state index in [4.69, 9.17) is 12.2 Å². The highest BCUT2D eigenvalue weighted by molar-refractivity contribution is 7.71. The van der Waals surface area contributed by atoms with E-state index in [1.807, 2.05) is 0 Å². The third-order valence-electron chi connectivity index (χ3n) is 1.16. The van der Waals surface area contributed by atoms with E-state index in [0.717, 1.165) is 0 Å². The molecule has 0 aromatic carbocycles. The fraction of sp³-hybridized carbons (Fsp3) is 0.400. The van der Waals surface area contributed by atoms with Crippen molar-refractivity contribution in [2.24, 2.45) is 0 Å². The standard InChI is InChI=1S/C5H7N3O2S/c1-10-4(9)2-3-5(11)7-8-6-3/h2H2,1H3,(H2,6,7,8,11).